The van der Waals surface area contributed by atoms with Gasteiger partial charge in [-0.15, -0.1) is 0 Å². The van der Waals surface area contributed by atoms with Crippen molar-refractivity contribution in [3.05, 3.63) is 22.8 Å². The highest BCUT2D eigenvalue weighted by Crippen LogP contribution is 2.34. The van der Waals surface area contributed by atoms with Gasteiger partial charge in [0, 0.05) is 15.9 Å². The molecule has 0 aliphatic heterocycles. The minimum absolute atomic E-state index is 0.271. The van der Waals surface area contributed by atoms with E-state index >= 15 is 0 Å². The number of hydrogen-bond donors (Lipinski definition) is 1. The molecule has 15 heavy (non-hydrogen) atoms. The number of carbonyl (C=O) groups is 1. The predicted octanol–water partition coefficient (Wildman–Crippen LogP) is 3.55. The lowest BCUT2D eigenvalue weighted by atomic mass is 10.0. The smallest absolute Gasteiger partial charge is 0.291 e. The largest absolute Gasteiger partial charge is 0.494 e. The third-order valence-electron chi connectivity index (χ3n) is 2.41. The molecule has 0 heterocycles. The molecule has 0 saturated carbocycles. The van der Waals surface area contributed by atoms with E-state index in [-0.39, 0.29) is 4.82 Å². The maximum absolute atomic E-state index is 11.0. The number of hydrogen-bond acceptors (Lipinski definition) is 2. The highest BCUT2D eigenvalue weighted by atomic mass is 79.9. The Balaban J connectivity index is 3.35. The molecule has 4 heteroatoms. The molecule has 0 saturated heterocycles. The van der Waals surface area contributed by atoms with Crippen LogP contribution in [0.15, 0.2) is 6.07 Å². The van der Waals surface area contributed by atoms with Gasteiger partial charge in [-0.25, -0.2) is 0 Å². The standard InChI is InChI=1S/C11H14BrNO2/c1-6-5-7(2)9(13-11(12)14)10(15-4)8(6)3/h5H,1-4H3,(H,13,14). The van der Waals surface area contributed by atoms with Gasteiger partial charge in [0.05, 0.1) is 12.8 Å². The summed E-state index contributed by atoms with van der Waals surface area (Å²) >= 11 is 2.85. The van der Waals surface area contributed by atoms with Crippen molar-refractivity contribution in [2.45, 2.75) is 20.8 Å². The summed E-state index contributed by atoms with van der Waals surface area (Å²) in [6.07, 6.45) is 0. The van der Waals surface area contributed by atoms with Crippen LogP contribution >= 0.6 is 15.9 Å². The maximum atomic E-state index is 11.0. The van der Waals surface area contributed by atoms with Crippen LogP contribution in [0.3, 0.4) is 0 Å². The Bertz CT molecular complexity index is 402. The lowest BCUT2D eigenvalue weighted by molar-refractivity contribution is 0.270. The Hall–Kier alpha value is -1.03. The first-order chi connectivity index (χ1) is 6.97. The summed E-state index contributed by atoms with van der Waals surface area (Å²) < 4.78 is 5.30. The summed E-state index contributed by atoms with van der Waals surface area (Å²) in [6.45, 7) is 5.93. The molecule has 3 nitrogen and oxygen atoms in total. The second kappa shape index (κ2) is 4.66. The first-order valence-electron chi connectivity index (χ1n) is 4.58. The number of anilines is 1. The summed E-state index contributed by atoms with van der Waals surface area (Å²) in [6, 6.07) is 2.02. The van der Waals surface area contributed by atoms with Gasteiger partial charge in [-0.1, -0.05) is 6.07 Å². The molecular weight excluding hydrogens is 258 g/mol. The minimum Gasteiger partial charge on any atom is -0.494 e. The number of methoxy groups -OCH3 is 1. The van der Waals surface area contributed by atoms with Crippen molar-refractivity contribution in [3.63, 3.8) is 0 Å². The lowest BCUT2D eigenvalue weighted by Crippen LogP contribution is -2.06. The van der Waals surface area contributed by atoms with Crippen LogP contribution in [0.2, 0.25) is 0 Å². The van der Waals surface area contributed by atoms with Gasteiger partial charge < -0.3 is 10.1 Å². The molecular formula is C11H14BrNO2. The third kappa shape index (κ3) is 2.50. The van der Waals surface area contributed by atoms with Crippen molar-refractivity contribution in [1.82, 2.24) is 0 Å². The number of benzene rings is 1. The Labute approximate surface area is 97.9 Å². The first-order valence-corrected chi connectivity index (χ1v) is 5.38. The van der Waals surface area contributed by atoms with E-state index in [2.05, 4.69) is 21.2 Å². The highest BCUT2D eigenvalue weighted by molar-refractivity contribution is 9.18. The average Bonchev–Trinajstić information content (AvgIpc) is 2.14. The molecule has 1 rings (SSSR count). The van der Waals surface area contributed by atoms with Crippen LogP contribution < -0.4 is 10.1 Å². The summed E-state index contributed by atoms with van der Waals surface area (Å²) in [7, 11) is 1.60. The maximum Gasteiger partial charge on any atom is 0.291 e. The first kappa shape index (κ1) is 12.0. The predicted molar refractivity (Wildman–Crippen MR) is 65.2 cm³/mol. The van der Waals surface area contributed by atoms with Crippen molar-refractivity contribution >= 4 is 26.4 Å². The zero-order valence-electron chi connectivity index (χ0n) is 9.27. The molecule has 82 valence electrons. The number of aryl methyl sites for hydroxylation is 2. The van der Waals surface area contributed by atoms with Crippen molar-refractivity contribution in [1.29, 1.82) is 0 Å². The average molecular weight is 272 g/mol. The number of rotatable bonds is 2. The van der Waals surface area contributed by atoms with Crippen LogP contribution in [-0.2, 0) is 0 Å². The van der Waals surface area contributed by atoms with Gasteiger partial charge in [0.1, 0.15) is 5.75 Å². The molecule has 1 aromatic rings. The molecule has 0 radical (unpaired) electrons. The fourth-order valence-electron chi connectivity index (χ4n) is 1.56. The fourth-order valence-corrected chi connectivity index (χ4v) is 1.76. The van der Waals surface area contributed by atoms with Crippen LogP contribution in [0.5, 0.6) is 5.75 Å². The van der Waals surface area contributed by atoms with E-state index in [4.69, 9.17) is 4.74 Å². The van der Waals surface area contributed by atoms with Crippen LogP contribution in [0.25, 0.3) is 0 Å². The second-order valence-electron chi connectivity index (χ2n) is 3.44. The molecule has 0 aliphatic carbocycles. The van der Waals surface area contributed by atoms with E-state index in [1.54, 1.807) is 7.11 Å². The normalized spacial score (nSPS) is 9.93. The lowest BCUT2D eigenvalue weighted by Gasteiger charge is -2.16. The molecule has 0 unspecified atom stereocenters. The monoisotopic (exact) mass is 271 g/mol. The van der Waals surface area contributed by atoms with Crippen LogP contribution in [0.1, 0.15) is 16.7 Å². The van der Waals surface area contributed by atoms with Gasteiger partial charge in [-0.2, -0.15) is 0 Å². The minimum atomic E-state index is -0.271. The third-order valence-corrected chi connectivity index (χ3v) is 2.61. The number of carbonyl (C=O) groups excluding carboxylic acids is 1. The molecule has 0 fully saturated rings. The van der Waals surface area contributed by atoms with Crippen LogP contribution in [0.4, 0.5) is 10.5 Å². The Morgan fingerprint density at radius 2 is 1.93 bits per heavy atom. The summed E-state index contributed by atoms with van der Waals surface area (Å²) in [4.78, 5) is 10.7. The van der Waals surface area contributed by atoms with Crippen molar-refractivity contribution in [2.24, 2.45) is 0 Å². The molecule has 1 N–H and O–H groups in total. The molecule has 1 aromatic carbocycles. The summed E-state index contributed by atoms with van der Waals surface area (Å²) in [5, 5.41) is 2.71. The van der Waals surface area contributed by atoms with Gasteiger partial charge in [-0.05, 0) is 37.5 Å². The van der Waals surface area contributed by atoms with Crippen LogP contribution in [0, 0.1) is 20.8 Å². The topological polar surface area (TPSA) is 38.3 Å². The van der Waals surface area contributed by atoms with E-state index < -0.39 is 0 Å². The molecule has 0 bridgehead atoms. The van der Waals surface area contributed by atoms with Crippen molar-refractivity contribution in [2.75, 3.05) is 12.4 Å². The molecule has 1 amide bonds. The van der Waals surface area contributed by atoms with Crippen LogP contribution in [-0.4, -0.2) is 11.9 Å². The quantitative estimate of drug-likeness (QED) is 0.660. The van der Waals surface area contributed by atoms with Gasteiger partial charge in [0.2, 0.25) is 0 Å². The fraction of sp³-hybridized carbons (Fsp3) is 0.364. The molecule has 0 atom stereocenters. The molecule has 0 aliphatic rings. The molecule has 0 aromatic heterocycles. The Morgan fingerprint density at radius 1 is 1.33 bits per heavy atom. The van der Waals surface area contributed by atoms with E-state index in [9.17, 15) is 4.79 Å². The molecule has 0 spiro atoms. The summed E-state index contributed by atoms with van der Waals surface area (Å²) in [5.74, 6) is 0.722. The number of ether oxygens (including phenoxy) is 1. The van der Waals surface area contributed by atoms with Crippen molar-refractivity contribution in [3.8, 4) is 5.75 Å². The number of nitrogens with one attached hydrogen (secondary N) is 1. The van der Waals surface area contributed by atoms with Gasteiger partial charge in [0.25, 0.3) is 4.82 Å². The highest BCUT2D eigenvalue weighted by Gasteiger charge is 2.13. The van der Waals surface area contributed by atoms with Gasteiger partial charge in [-0.3, -0.25) is 4.79 Å². The number of amides is 1. The second-order valence-corrected chi connectivity index (χ2v) is 4.16. The Kier molecular flexibility index (Phi) is 3.74. The SMILES string of the molecule is COc1c(C)c(C)cc(C)c1NC(=O)Br. The van der Waals surface area contributed by atoms with E-state index in [1.165, 1.54) is 0 Å². The van der Waals surface area contributed by atoms with Gasteiger partial charge in [0.15, 0.2) is 0 Å². The van der Waals surface area contributed by atoms with E-state index in [0.717, 1.165) is 28.1 Å². The van der Waals surface area contributed by atoms with Gasteiger partial charge >= 0.3 is 0 Å². The van der Waals surface area contributed by atoms with Crippen molar-refractivity contribution < 1.29 is 9.53 Å². The van der Waals surface area contributed by atoms with E-state index in [1.807, 2.05) is 26.8 Å². The Morgan fingerprint density at radius 3 is 2.40 bits per heavy atom. The zero-order chi connectivity index (χ0) is 11.6. The van der Waals surface area contributed by atoms with E-state index in [0.29, 0.717) is 0 Å². The summed E-state index contributed by atoms with van der Waals surface area (Å²) in [5.41, 5.74) is 3.90. The number of halogens is 1. The zero-order valence-corrected chi connectivity index (χ0v) is 10.9.